The second kappa shape index (κ2) is 9.91. The molecule has 1 rings (SSSR count). The standard InChI is InChI=1S/C8H6O7S.3Na.3H/c9-7(10)4-1-5(8(11)12)3-6(2-4)16(13,14)15;;;;;;/h1-3H,(H,9,10)(H,11,12)(H,13,14,15);;;;;;. The molecule has 92 valence electrons. The molecule has 1 aromatic rings. The van der Waals surface area contributed by atoms with Gasteiger partial charge in [-0.25, -0.2) is 9.59 Å². The van der Waals surface area contributed by atoms with Crippen LogP contribution < -0.4 is 0 Å². The van der Waals surface area contributed by atoms with E-state index in [1.807, 2.05) is 0 Å². The van der Waals surface area contributed by atoms with Crippen LogP contribution in [0.5, 0.6) is 0 Å². The number of aromatic carboxylic acids is 2. The van der Waals surface area contributed by atoms with Crippen molar-refractivity contribution >= 4 is 111 Å². The van der Waals surface area contributed by atoms with Crippen molar-refractivity contribution in [3.8, 4) is 0 Å². The van der Waals surface area contributed by atoms with Crippen LogP contribution in [-0.4, -0.2) is 124 Å². The molecule has 0 bridgehead atoms. The molecule has 0 aliphatic carbocycles. The molecule has 0 saturated carbocycles. The van der Waals surface area contributed by atoms with Gasteiger partial charge in [0.2, 0.25) is 0 Å². The van der Waals surface area contributed by atoms with Gasteiger partial charge in [0.15, 0.2) is 0 Å². The maximum atomic E-state index is 10.8. The van der Waals surface area contributed by atoms with Gasteiger partial charge in [-0.05, 0) is 18.2 Å². The van der Waals surface area contributed by atoms with Crippen LogP contribution in [0.1, 0.15) is 20.7 Å². The number of benzene rings is 1. The van der Waals surface area contributed by atoms with E-state index in [2.05, 4.69) is 0 Å². The molecule has 19 heavy (non-hydrogen) atoms. The third-order valence-electron chi connectivity index (χ3n) is 1.70. The summed E-state index contributed by atoms with van der Waals surface area (Å²) in [5, 5.41) is 17.2. The first-order valence-electron chi connectivity index (χ1n) is 3.81. The predicted octanol–water partition coefficient (Wildman–Crippen LogP) is -1.62. The van der Waals surface area contributed by atoms with Crippen LogP contribution in [0.2, 0.25) is 0 Å². The van der Waals surface area contributed by atoms with Gasteiger partial charge in [-0.15, -0.1) is 0 Å². The summed E-state index contributed by atoms with van der Waals surface area (Å²) in [6.45, 7) is 0. The molecule has 0 saturated heterocycles. The average molecular weight is 318 g/mol. The van der Waals surface area contributed by atoms with Gasteiger partial charge in [0.1, 0.15) is 0 Å². The number of carbonyl (C=O) groups is 2. The number of hydrogen-bond donors (Lipinski definition) is 3. The van der Waals surface area contributed by atoms with Crippen LogP contribution in [0.4, 0.5) is 0 Å². The summed E-state index contributed by atoms with van der Waals surface area (Å²) in [6, 6.07) is 2.13. The molecule has 0 unspecified atom stereocenters. The van der Waals surface area contributed by atoms with E-state index >= 15 is 0 Å². The van der Waals surface area contributed by atoms with Crippen molar-refractivity contribution in [1.29, 1.82) is 0 Å². The van der Waals surface area contributed by atoms with Crippen LogP contribution in [-0.2, 0) is 10.1 Å². The van der Waals surface area contributed by atoms with E-state index in [-0.39, 0.29) is 88.7 Å². The molecular weight excluding hydrogens is 309 g/mol. The van der Waals surface area contributed by atoms with Crippen molar-refractivity contribution in [1.82, 2.24) is 0 Å². The second-order valence-corrected chi connectivity index (χ2v) is 4.25. The summed E-state index contributed by atoms with van der Waals surface area (Å²) in [5.41, 5.74) is -1.07. The van der Waals surface area contributed by atoms with Gasteiger partial charge in [-0.3, -0.25) is 4.55 Å². The third-order valence-corrected chi connectivity index (χ3v) is 2.53. The summed E-state index contributed by atoms with van der Waals surface area (Å²) in [4.78, 5) is 20.4. The molecule has 0 spiro atoms. The Kier molecular flexibility index (Phi) is 13.1. The first-order chi connectivity index (χ1) is 7.21. The minimum atomic E-state index is -4.64. The van der Waals surface area contributed by atoms with Crippen molar-refractivity contribution in [3.05, 3.63) is 29.3 Å². The fraction of sp³-hybridized carbons (Fsp3) is 0. The Balaban J connectivity index is -0.000000853. The van der Waals surface area contributed by atoms with E-state index in [1.165, 1.54) is 0 Å². The molecule has 0 radical (unpaired) electrons. The van der Waals surface area contributed by atoms with E-state index in [0.717, 1.165) is 6.07 Å². The monoisotopic (exact) mass is 318 g/mol. The number of hydrogen-bond acceptors (Lipinski definition) is 4. The van der Waals surface area contributed by atoms with Gasteiger partial charge in [-0.1, -0.05) is 0 Å². The van der Waals surface area contributed by atoms with E-state index in [4.69, 9.17) is 14.8 Å². The first-order valence-corrected chi connectivity index (χ1v) is 5.25. The first kappa shape index (κ1) is 25.0. The molecule has 0 amide bonds. The molecule has 0 atom stereocenters. The molecule has 11 heteroatoms. The van der Waals surface area contributed by atoms with Crippen molar-refractivity contribution in [2.75, 3.05) is 0 Å². The van der Waals surface area contributed by atoms with E-state index in [1.54, 1.807) is 0 Å². The van der Waals surface area contributed by atoms with Gasteiger partial charge in [0.05, 0.1) is 16.0 Å². The molecule has 0 aliphatic rings. The fourth-order valence-corrected chi connectivity index (χ4v) is 1.55. The molecule has 0 fully saturated rings. The van der Waals surface area contributed by atoms with Crippen molar-refractivity contribution in [2.24, 2.45) is 0 Å². The SMILES string of the molecule is O=C(O)c1cc(C(=O)O)cc(S(=O)(=O)O)c1.[NaH].[NaH].[NaH]. The van der Waals surface area contributed by atoms with Gasteiger partial charge in [0.25, 0.3) is 10.1 Å². The maximum absolute atomic E-state index is 10.8. The zero-order valence-corrected chi connectivity index (χ0v) is 8.43. The predicted molar refractivity (Wildman–Crippen MR) is 71.6 cm³/mol. The quantitative estimate of drug-likeness (QED) is 0.451. The van der Waals surface area contributed by atoms with Crippen LogP contribution in [0, 0.1) is 0 Å². The number of rotatable bonds is 3. The van der Waals surface area contributed by atoms with Crippen LogP contribution in [0.3, 0.4) is 0 Å². The Morgan fingerprint density at radius 3 is 1.37 bits per heavy atom. The molecule has 0 heterocycles. The number of carboxylic acids is 2. The summed E-state index contributed by atoms with van der Waals surface area (Å²) in [6.07, 6.45) is 0. The Bertz CT molecular complexity index is 537. The van der Waals surface area contributed by atoms with Crippen molar-refractivity contribution in [3.63, 3.8) is 0 Å². The Morgan fingerprint density at radius 2 is 1.16 bits per heavy atom. The van der Waals surface area contributed by atoms with Crippen molar-refractivity contribution in [2.45, 2.75) is 4.90 Å². The van der Waals surface area contributed by atoms with E-state index in [9.17, 15) is 18.0 Å². The van der Waals surface area contributed by atoms with Gasteiger partial charge < -0.3 is 10.2 Å². The van der Waals surface area contributed by atoms with Crippen LogP contribution in [0.25, 0.3) is 0 Å². The van der Waals surface area contributed by atoms with E-state index < -0.39 is 38.1 Å². The van der Waals surface area contributed by atoms with Gasteiger partial charge in [0, 0.05) is 0 Å². The average Bonchev–Trinajstić information content (AvgIpc) is 2.15. The summed E-state index contributed by atoms with van der Waals surface area (Å²) in [5.74, 6) is -2.99. The van der Waals surface area contributed by atoms with Gasteiger partial charge in [-0.2, -0.15) is 8.42 Å². The molecule has 3 N–H and O–H groups in total. The molecular formula is C8H9Na3O7S. The second-order valence-electron chi connectivity index (χ2n) is 2.83. The molecule has 1 aromatic carbocycles. The van der Waals surface area contributed by atoms with Crippen LogP contribution in [0.15, 0.2) is 23.1 Å². The normalized spacial score (nSPS) is 9.32. The zero-order chi connectivity index (χ0) is 12.5. The number of carboxylic acid groups (broad SMARTS) is 2. The molecule has 0 aliphatic heterocycles. The van der Waals surface area contributed by atoms with Crippen molar-refractivity contribution < 1.29 is 32.8 Å². The Morgan fingerprint density at radius 1 is 0.842 bits per heavy atom. The Hall–Kier alpha value is 1.07. The fourth-order valence-electron chi connectivity index (χ4n) is 0.995. The van der Waals surface area contributed by atoms with Gasteiger partial charge >= 0.3 is 101 Å². The minimum absolute atomic E-state index is 0. The van der Waals surface area contributed by atoms with E-state index in [0.29, 0.717) is 12.1 Å². The topological polar surface area (TPSA) is 129 Å². The summed E-state index contributed by atoms with van der Waals surface area (Å²) in [7, 11) is -4.64. The molecule has 0 aromatic heterocycles. The van der Waals surface area contributed by atoms with Crippen LogP contribution >= 0.6 is 0 Å². The molecule has 7 nitrogen and oxygen atoms in total. The Labute approximate surface area is 175 Å². The summed E-state index contributed by atoms with van der Waals surface area (Å²) >= 11 is 0. The third kappa shape index (κ3) is 7.58. The summed E-state index contributed by atoms with van der Waals surface area (Å²) < 4.78 is 30.2. The zero-order valence-electron chi connectivity index (χ0n) is 7.61.